The summed E-state index contributed by atoms with van der Waals surface area (Å²) in [6.07, 6.45) is 6.78. The number of hydrogen-bond acceptors (Lipinski definition) is 6. The van der Waals surface area contributed by atoms with Gasteiger partial charge in [-0.1, -0.05) is 0 Å². The highest BCUT2D eigenvalue weighted by atomic mass is 32.2. The zero-order valence-corrected chi connectivity index (χ0v) is 17.5. The quantitative estimate of drug-likeness (QED) is 0.411. The maximum atomic E-state index is 13.5. The number of pyridine rings is 1. The molecule has 0 N–H and O–H groups in total. The lowest BCUT2D eigenvalue weighted by molar-refractivity contribution is 0.507. The maximum Gasteiger partial charge on any atom is 0.230 e. The standard InChI is InChI=1S/C23H16FN5O2S/c24-16-3-1-15(2-4-16)21-19(10-29(28-21)17-11-32(30)12-17)22-18-9-20(14-5-7-25-8-6-14)31-23(18)27-13-26-22/h1-10,13,17H,11-12H2. The Kier molecular flexibility index (Phi) is 4.43. The lowest BCUT2D eigenvalue weighted by atomic mass is 10.0. The summed E-state index contributed by atoms with van der Waals surface area (Å²) in [5.41, 5.74) is 4.24. The monoisotopic (exact) mass is 445 g/mol. The van der Waals surface area contributed by atoms with Crippen LogP contribution in [0.15, 0.2) is 71.8 Å². The van der Waals surface area contributed by atoms with E-state index < -0.39 is 10.8 Å². The van der Waals surface area contributed by atoms with Gasteiger partial charge in [0.15, 0.2) is 0 Å². The molecule has 1 aromatic carbocycles. The van der Waals surface area contributed by atoms with Crippen LogP contribution in [0, 0.1) is 5.82 Å². The summed E-state index contributed by atoms with van der Waals surface area (Å²) in [4.78, 5) is 12.9. The minimum absolute atomic E-state index is 0.0674. The highest BCUT2D eigenvalue weighted by Crippen LogP contribution is 2.37. The van der Waals surface area contributed by atoms with Crippen molar-refractivity contribution in [2.75, 3.05) is 11.5 Å². The number of nitrogens with zero attached hydrogens (tertiary/aromatic N) is 5. The van der Waals surface area contributed by atoms with Crippen molar-refractivity contribution in [3.05, 3.63) is 73.2 Å². The van der Waals surface area contributed by atoms with Gasteiger partial charge in [0.1, 0.15) is 23.6 Å². The van der Waals surface area contributed by atoms with Crippen LogP contribution >= 0.6 is 0 Å². The first kappa shape index (κ1) is 19.0. The number of halogens is 1. The van der Waals surface area contributed by atoms with E-state index in [-0.39, 0.29) is 11.9 Å². The average molecular weight is 445 g/mol. The van der Waals surface area contributed by atoms with Gasteiger partial charge >= 0.3 is 0 Å². The van der Waals surface area contributed by atoms with Gasteiger partial charge in [-0.05, 0) is 42.5 Å². The van der Waals surface area contributed by atoms with Crippen LogP contribution in [-0.4, -0.2) is 40.4 Å². The summed E-state index contributed by atoms with van der Waals surface area (Å²) in [7, 11) is -0.808. The van der Waals surface area contributed by atoms with Crippen molar-refractivity contribution < 1.29 is 13.0 Å². The van der Waals surface area contributed by atoms with E-state index in [0.29, 0.717) is 34.4 Å². The Morgan fingerprint density at radius 2 is 1.78 bits per heavy atom. The zero-order valence-electron chi connectivity index (χ0n) is 16.7. The summed E-state index contributed by atoms with van der Waals surface area (Å²) >= 11 is 0. The second-order valence-corrected chi connectivity index (χ2v) is 9.14. The number of fused-ring (bicyclic) bond motifs is 1. The van der Waals surface area contributed by atoms with Crippen LogP contribution in [0.4, 0.5) is 4.39 Å². The highest BCUT2D eigenvalue weighted by molar-refractivity contribution is 7.86. The lowest BCUT2D eigenvalue weighted by Crippen LogP contribution is -2.33. The van der Waals surface area contributed by atoms with Gasteiger partial charge < -0.3 is 4.42 Å². The second kappa shape index (κ2) is 7.45. The molecule has 5 aromatic rings. The van der Waals surface area contributed by atoms with Crippen LogP contribution in [-0.2, 0) is 10.8 Å². The molecule has 0 radical (unpaired) electrons. The van der Waals surface area contributed by atoms with E-state index in [4.69, 9.17) is 9.52 Å². The number of hydrogen-bond donors (Lipinski definition) is 0. The summed E-state index contributed by atoms with van der Waals surface area (Å²) in [6, 6.07) is 11.9. The van der Waals surface area contributed by atoms with E-state index in [1.165, 1.54) is 18.5 Å². The molecule has 0 amide bonds. The van der Waals surface area contributed by atoms with Crippen LogP contribution in [0.25, 0.3) is 44.9 Å². The maximum absolute atomic E-state index is 13.5. The molecule has 1 saturated heterocycles. The Balaban J connectivity index is 1.53. The molecule has 0 spiro atoms. The van der Waals surface area contributed by atoms with E-state index in [2.05, 4.69) is 15.0 Å². The van der Waals surface area contributed by atoms with Crippen LogP contribution in [0.1, 0.15) is 6.04 Å². The fourth-order valence-electron chi connectivity index (χ4n) is 3.83. The van der Waals surface area contributed by atoms with Crippen molar-refractivity contribution in [3.8, 4) is 33.8 Å². The molecule has 0 unspecified atom stereocenters. The van der Waals surface area contributed by atoms with Gasteiger partial charge in [-0.25, -0.2) is 14.4 Å². The minimum atomic E-state index is -0.808. The van der Waals surface area contributed by atoms with Crippen molar-refractivity contribution in [2.45, 2.75) is 6.04 Å². The highest BCUT2D eigenvalue weighted by Gasteiger charge is 2.30. The SMILES string of the molecule is O=S1CC(n2cc(-c3ncnc4oc(-c5ccncc5)cc34)c(-c3ccc(F)cc3)n2)C1. The van der Waals surface area contributed by atoms with E-state index in [9.17, 15) is 8.60 Å². The predicted molar refractivity (Wildman–Crippen MR) is 119 cm³/mol. The van der Waals surface area contributed by atoms with E-state index in [0.717, 1.165) is 22.1 Å². The summed E-state index contributed by atoms with van der Waals surface area (Å²) in [6.45, 7) is 0. The fraction of sp³-hybridized carbons (Fsp3) is 0.130. The van der Waals surface area contributed by atoms with Crippen molar-refractivity contribution in [2.24, 2.45) is 0 Å². The first-order valence-electron chi connectivity index (χ1n) is 10.0. The molecule has 1 aliphatic heterocycles. The normalized spacial score (nSPS) is 18.0. The summed E-state index contributed by atoms with van der Waals surface area (Å²) in [5, 5.41) is 5.52. The number of furan rings is 1. The Labute approximate surface area is 184 Å². The third kappa shape index (κ3) is 3.21. The van der Waals surface area contributed by atoms with Gasteiger partial charge in [0.05, 0.1) is 17.1 Å². The van der Waals surface area contributed by atoms with Crippen molar-refractivity contribution >= 4 is 21.9 Å². The third-order valence-corrected chi connectivity index (χ3v) is 7.04. The molecule has 9 heteroatoms. The molecule has 4 aromatic heterocycles. The molecule has 32 heavy (non-hydrogen) atoms. The van der Waals surface area contributed by atoms with E-state index >= 15 is 0 Å². The Bertz CT molecular complexity index is 1460. The molecule has 158 valence electrons. The molecular weight excluding hydrogens is 429 g/mol. The first-order valence-corrected chi connectivity index (χ1v) is 11.5. The summed E-state index contributed by atoms with van der Waals surface area (Å²) in [5.74, 6) is 1.49. The Hall–Kier alpha value is -3.72. The van der Waals surface area contributed by atoms with Gasteiger partial charge in [0.25, 0.3) is 0 Å². The van der Waals surface area contributed by atoms with E-state index in [1.54, 1.807) is 24.5 Å². The topological polar surface area (TPSA) is 86.7 Å². The summed E-state index contributed by atoms with van der Waals surface area (Å²) < 4.78 is 33.0. The minimum Gasteiger partial charge on any atom is -0.438 e. The largest absolute Gasteiger partial charge is 0.438 e. The van der Waals surface area contributed by atoms with E-state index in [1.807, 2.05) is 29.1 Å². The molecule has 1 fully saturated rings. The van der Waals surface area contributed by atoms with Crippen molar-refractivity contribution in [3.63, 3.8) is 0 Å². The van der Waals surface area contributed by atoms with Gasteiger partial charge in [-0.2, -0.15) is 5.10 Å². The second-order valence-electron chi connectivity index (χ2n) is 7.59. The van der Waals surface area contributed by atoms with Crippen molar-refractivity contribution in [1.29, 1.82) is 0 Å². The average Bonchev–Trinajstić information content (AvgIpc) is 3.43. The molecule has 0 atom stereocenters. The molecule has 1 aliphatic rings. The Morgan fingerprint density at radius 3 is 2.53 bits per heavy atom. The molecular formula is C23H16FN5O2S. The van der Waals surface area contributed by atoms with Crippen LogP contribution in [0.3, 0.4) is 0 Å². The van der Waals surface area contributed by atoms with Gasteiger partial charge in [0.2, 0.25) is 5.71 Å². The lowest BCUT2D eigenvalue weighted by Gasteiger charge is -2.24. The van der Waals surface area contributed by atoms with Crippen LogP contribution < -0.4 is 0 Å². The number of rotatable bonds is 4. The molecule has 0 aliphatic carbocycles. The number of benzene rings is 1. The first-order chi connectivity index (χ1) is 15.7. The van der Waals surface area contributed by atoms with Crippen molar-refractivity contribution in [1.82, 2.24) is 24.7 Å². The third-order valence-electron chi connectivity index (χ3n) is 5.53. The number of aromatic nitrogens is 5. The van der Waals surface area contributed by atoms with Crippen LogP contribution in [0.2, 0.25) is 0 Å². The molecule has 6 rings (SSSR count). The zero-order chi connectivity index (χ0) is 21.7. The molecule has 0 saturated carbocycles. The Morgan fingerprint density at radius 1 is 1.00 bits per heavy atom. The smallest absolute Gasteiger partial charge is 0.230 e. The van der Waals surface area contributed by atoms with Crippen LogP contribution in [0.5, 0.6) is 0 Å². The van der Waals surface area contributed by atoms with Gasteiger partial charge in [-0.15, -0.1) is 0 Å². The molecule has 5 heterocycles. The fourth-order valence-corrected chi connectivity index (χ4v) is 4.90. The van der Waals surface area contributed by atoms with Gasteiger partial charge in [0, 0.05) is 57.6 Å². The molecule has 7 nitrogen and oxygen atoms in total. The van der Waals surface area contributed by atoms with Gasteiger partial charge in [-0.3, -0.25) is 13.9 Å². The molecule has 0 bridgehead atoms. The predicted octanol–water partition coefficient (Wildman–Crippen LogP) is 4.26.